The molecule has 0 saturated heterocycles. The second kappa shape index (κ2) is 8.35. The van der Waals surface area contributed by atoms with Crippen molar-refractivity contribution in [3.05, 3.63) is 71.8 Å². The van der Waals surface area contributed by atoms with Crippen molar-refractivity contribution in [3.63, 3.8) is 0 Å². The van der Waals surface area contributed by atoms with E-state index in [0.29, 0.717) is 16.9 Å². The minimum atomic E-state index is -0.434. The number of carbonyl (C=O) groups excluding carboxylic acids is 2. The molecule has 4 rings (SSSR count). The van der Waals surface area contributed by atoms with Crippen molar-refractivity contribution < 1.29 is 9.59 Å². The Bertz CT molecular complexity index is 1110. The van der Waals surface area contributed by atoms with Crippen LogP contribution in [0.25, 0.3) is 16.3 Å². The SMILES string of the molecule is O=C(Cc1csc(-c2cccnc2)n1)NNC(=O)c1ccc(-n2cnnn2)cc1. The van der Waals surface area contributed by atoms with Gasteiger partial charge in [0, 0.05) is 28.9 Å². The Balaban J connectivity index is 1.30. The third-order valence-electron chi connectivity index (χ3n) is 3.86. The molecule has 0 aliphatic heterocycles. The summed E-state index contributed by atoms with van der Waals surface area (Å²) in [5.74, 6) is -0.803. The minimum Gasteiger partial charge on any atom is -0.273 e. The Hall–Kier alpha value is -3.99. The molecule has 0 aliphatic carbocycles. The third kappa shape index (κ3) is 4.47. The topological polar surface area (TPSA) is 128 Å². The lowest BCUT2D eigenvalue weighted by atomic mass is 10.2. The molecule has 3 heterocycles. The van der Waals surface area contributed by atoms with Gasteiger partial charge in [-0.05, 0) is 46.8 Å². The minimum absolute atomic E-state index is 0.0509. The first-order valence-corrected chi connectivity index (χ1v) is 9.34. The summed E-state index contributed by atoms with van der Waals surface area (Å²) in [4.78, 5) is 32.8. The molecule has 1 aromatic carbocycles. The van der Waals surface area contributed by atoms with Crippen LogP contribution in [0.4, 0.5) is 0 Å². The molecule has 29 heavy (non-hydrogen) atoms. The molecule has 11 heteroatoms. The second-order valence-corrected chi connectivity index (χ2v) is 6.72. The molecular formula is C18H14N8O2S. The lowest BCUT2D eigenvalue weighted by Gasteiger charge is -2.07. The van der Waals surface area contributed by atoms with Crippen LogP contribution >= 0.6 is 11.3 Å². The number of carbonyl (C=O) groups is 2. The molecule has 0 saturated carbocycles. The number of hydrazine groups is 1. The van der Waals surface area contributed by atoms with Crippen LogP contribution in [0.1, 0.15) is 16.1 Å². The molecule has 0 aliphatic rings. The zero-order valence-electron chi connectivity index (χ0n) is 14.9. The summed E-state index contributed by atoms with van der Waals surface area (Å²) < 4.78 is 1.47. The lowest BCUT2D eigenvalue weighted by Crippen LogP contribution is -2.42. The van der Waals surface area contributed by atoms with Crippen molar-refractivity contribution >= 4 is 23.2 Å². The van der Waals surface area contributed by atoms with Gasteiger partial charge < -0.3 is 0 Å². The lowest BCUT2D eigenvalue weighted by molar-refractivity contribution is -0.121. The first-order chi connectivity index (χ1) is 14.2. The zero-order valence-corrected chi connectivity index (χ0v) is 15.7. The van der Waals surface area contributed by atoms with E-state index in [1.807, 2.05) is 17.5 Å². The second-order valence-electron chi connectivity index (χ2n) is 5.87. The monoisotopic (exact) mass is 406 g/mol. The summed E-state index contributed by atoms with van der Waals surface area (Å²) >= 11 is 1.43. The quantitative estimate of drug-likeness (QED) is 0.476. The average Bonchev–Trinajstić information content (AvgIpc) is 3.45. The van der Waals surface area contributed by atoms with Crippen molar-refractivity contribution in [1.29, 1.82) is 0 Å². The summed E-state index contributed by atoms with van der Waals surface area (Å²) in [5, 5.41) is 13.5. The van der Waals surface area contributed by atoms with Crippen LogP contribution in [0.5, 0.6) is 0 Å². The van der Waals surface area contributed by atoms with Crippen LogP contribution in [0.15, 0.2) is 60.5 Å². The standard InChI is InChI=1S/C18H14N8O2S/c27-16(8-14-10-29-18(21-14)13-2-1-7-19-9-13)22-23-17(28)12-3-5-15(6-4-12)26-11-20-24-25-26/h1-7,9-11H,8H2,(H,22,27)(H,23,28). The van der Waals surface area contributed by atoms with Gasteiger partial charge in [-0.25, -0.2) is 9.67 Å². The highest BCUT2D eigenvalue weighted by molar-refractivity contribution is 7.13. The maximum Gasteiger partial charge on any atom is 0.269 e. The van der Waals surface area contributed by atoms with E-state index < -0.39 is 5.91 Å². The van der Waals surface area contributed by atoms with E-state index >= 15 is 0 Å². The molecular weight excluding hydrogens is 392 g/mol. The number of rotatable bonds is 5. The number of hydrogen-bond donors (Lipinski definition) is 2. The summed E-state index contributed by atoms with van der Waals surface area (Å²) in [7, 11) is 0. The maximum absolute atomic E-state index is 12.2. The molecule has 4 aromatic rings. The van der Waals surface area contributed by atoms with Gasteiger partial charge in [-0.2, -0.15) is 0 Å². The summed E-state index contributed by atoms with van der Waals surface area (Å²) in [5.41, 5.74) is 7.39. The number of aromatic nitrogens is 6. The van der Waals surface area contributed by atoms with Crippen LogP contribution in [0.3, 0.4) is 0 Å². The normalized spacial score (nSPS) is 10.5. The van der Waals surface area contributed by atoms with E-state index in [4.69, 9.17) is 0 Å². The van der Waals surface area contributed by atoms with Gasteiger partial charge in [0.1, 0.15) is 11.3 Å². The van der Waals surface area contributed by atoms with E-state index in [1.165, 1.54) is 22.3 Å². The van der Waals surface area contributed by atoms with Gasteiger partial charge >= 0.3 is 0 Å². The molecule has 2 amide bonds. The molecule has 144 valence electrons. The van der Waals surface area contributed by atoms with Crippen molar-refractivity contribution in [2.45, 2.75) is 6.42 Å². The van der Waals surface area contributed by atoms with Crippen LogP contribution in [0.2, 0.25) is 0 Å². The zero-order chi connectivity index (χ0) is 20.1. The number of nitrogens with one attached hydrogen (secondary N) is 2. The van der Waals surface area contributed by atoms with Crippen molar-refractivity contribution in [2.75, 3.05) is 0 Å². The number of benzene rings is 1. The molecule has 0 spiro atoms. The Morgan fingerprint density at radius 1 is 1.10 bits per heavy atom. The molecule has 0 bridgehead atoms. The van der Waals surface area contributed by atoms with Gasteiger partial charge in [0.15, 0.2) is 0 Å². The number of nitrogens with zero attached hydrogens (tertiary/aromatic N) is 6. The highest BCUT2D eigenvalue weighted by Crippen LogP contribution is 2.22. The molecule has 0 unspecified atom stereocenters. The van der Waals surface area contributed by atoms with Gasteiger partial charge in [0.25, 0.3) is 5.91 Å². The molecule has 0 atom stereocenters. The highest BCUT2D eigenvalue weighted by Gasteiger charge is 2.11. The summed E-state index contributed by atoms with van der Waals surface area (Å²) in [6, 6.07) is 10.3. The van der Waals surface area contributed by atoms with Gasteiger partial charge in [-0.1, -0.05) is 0 Å². The van der Waals surface area contributed by atoms with Gasteiger partial charge in [0.2, 0.25) is 5.91 Å². The fourth-order valence-corrected chi connectivity index (χ4v) is 3.27. The third-order valence-corrected chi connectivity index (χ3v) is 4.80. The molecule has 0 fully saturated rings. The van der Waals surface area contributed by atoms with Crippen molar-refractivity contribution in [2.24, 2.45) is 0 Å². The largest absolute Gasteiger partial charge is 0.273 e. The van der Waals surface area contributed by atoms with Crippen molar-refractivity contribution in [3.8, 4) is 16.3 Å². The Kier molecular flexibility index (Phi) is 5.29. The molecule has 10 nitrogen and oxygen atoms in total. The van der Waals surface area contributed by atoms with E-state index in [1.54, 1.807) is 36.7 Å². The highest BCUT2D eigenvalue weighted by atomic mass is 32.1. The van der Waals surface area contributed by atoms with Crippen LogP contribution in [-0.4, -0.2) is 42.0 Å². The first-order valence-electron chi connectivity index (χ1n) is 8.46. The van der Waals surface area contributed by atoms with Gasteiger partial charge in [0.05, 0.1) is 17.8 Å². The van der Waals surface area contributed by atoms with E-state index in [-0.39, 0.29) is 12.3 Å². The molecule has 3 aromatic heterocycles. The van der Waals surface area contributed by atoms with Crippen LogP contribution < -0.4 is 10.9 Å². The molecule has 2 N–H and O–H groups in total. The van der Waals surface area contributed by atoms with Crippen molar-refractivity contribution in [1.82, 2.24) is 41.0 Å². The number of amides is 2. The number of thiazole rings is 1. The van der Waals surface area contributed by atoms with Gasteiger partial charge in [-0.3, -0.25) is 25.4 Å². The maximum atomic E-state index is 12.2. The predicted molar refractivity (Wildman–Crippen MR) is 104 cm³/mol. The van der Waals surface area contributed by atoms with Crippen LogP contribution in [-0.2, 0) is 11.2 Å². The van der Waals surface area contributed by atoms with Gasteiger partial charge in [-0.15, -0.1) is 16.4 Å². The Morgan fingerprint density at radius 3 is 2.69 bits per heavy atom. The smallest absolute Gasteiger partial charge is 0.269 e. The molecule has 0 radical (unpaired) electrons. The van der Waals surface area contributed by atoms with E-state index in [0.717, 1.165) is 10.6 Å². The predicted octanol–water partition coefficient (Wildman–Crippen LogP) is 1.18. The number of pyridine rings is 1. The summed E-state index contributed by atoms with van der Waals surface area (Å²) in [6.45, 7) is 0. The number of hydrogen-bond acceptors (Lipinski definition) is 8. The number of tetrazole rings is 1. The van der Waals surface area contributed by atoms with E-state index in [9.17, 15) is 9.59 Å². The fourth-order valence-electron chi connectivity index (χ4n) is 2.46. The Labute approximate surface area is 168 Å². The summed E-state index contributed by atoms with van der Waals surface area (Å²) in [6.07, 6.45) is 4.91. The fraction of sp³-hybridized carbons (Fsp3) is 0.0556. The average molecular weight is 406 g/mol. The Morgan fingerprint density at radius 2 is 1.97 bits per heavy atom. The van der Waals surface area contributed by atoms with E-state index in [2.05, 4.69) is 36.3 Å². The first kappa shape index (κ1) is 18.4. The van der Waals surface area contributed by atoms with Crippen LogP contribution in [0, 0.1) is 0 Å².